The highest BCUT2D eigenvalue weighted by molar-refractivity contribution is 5.93. The van der Waals surface area contributed by atoms with Gasteiger partial charge in [0.1, 0.15) is 5.65 Å². The first kappa shape index (κ1) is 12.9. The third-order valence-electron chi connectivity index (χ3n) is 3.83. The third-order valence-corrected chi connectivity index (χ3v) is 3.83. The number of carboxylic acids is 1. The van der Waals surface area contributed by atoms with Crippen LogP contribution in [-0.2, 0) is 0 Å². The van der Waals surface area contributed by atoms with Crippen molar-refractivity contribution in [3.63, 3.8) is 0 Å². The Morgan fingerprint density at radius 1 is 1.30 bits per heavy atom. The molecule has 1 saturated heterocycles. The summed E-state index contributed by atoms with van der Waals surface area (Å²) in [6, 6.07) is 5.52. The molecule has 0 bridgehead atoms. The normalized spacial score (nSPS) is 16.8. The summed E-state index contributed by atoms with van der Waals surface area (Å²) in [6.07, 6.45) is 1.75. The molecule has 0 aromatic carbocycles. The Kier molecular flexibility index (Phi) is 3.31. The number of likely N-dealkylation sites (N-methyl/N-ethyl adjacent to an activating group) is 1. The van der Waals surface area contributed by atoms with Gasteiger partial charge in [-0.2, -0.15) is 0 Å². The molecule has 20 heavy (non-hydrogen) atoms. The number of aromatic nitrogens is 2. The number of nitrogens with zero attached hydrogens (tertiary/aromatic N) is 4. The van der Waals surface area contributed by atoms with Gasteiger partial charge in [0.25, 0.3) is 0 Å². The van der Waals surface area contributed by atoms with Gasteiger partial charge < -0.3 is 14.9 Å². The number of hydrogen-bond acceptors (Lipinski definition) is 4. The molecule has 0 spiro atoms. The fraction of sp³-hybridized carbons (Fsp3) is 0.429. The number of anilines is 1. The van der Waals surface area contributed by atoms with Crippen LogP contribution in [0.2, 0.25) is 0 Å². The van der Waals surface area contributed by atoms with E-state index >= 15 is 0 Å². The molecule has 2 aromatic heterocycles. The predicted molar refractivity (Wildman–Crippen MR) is 76.5 cm³/mol. The zero-order chi connectivity index (χ0) is 14.1. The molecule has 1 N–H and O–H groups in total. The maximum Gasteiger partial charge on any atom is 0.356 e. The van der Waals surface area contributed by atoms with Gasteiger partial charge in [-0.25, -0.2) is 9.78 Å². The van der Waals surface area contributed by atoms with Crippen molar-refractivity contribution in [2.75, 3.05) is 37.6 Å². The summed E-state index contributed by atoms with van der Waals surface area (Å²) in [5.74, 6) is -0.351. The molecular formula is C14H18N4O2. The van der Waals surface area contributed by atoms with Crippen molar-refractivity contribution in [3.05, 3.63) is 30.1 Å². The van der Waals surface area contributed by atoms with Crippen molar-refractivity contribution in [1.29, 1.82) is 0 Å². The van der Waals surface area contributed by atoms with Crippen LogP contribution in [0.5, 0.6) is 0 Å². The van der Waals surface area contributed by atoms with Crippen LogP contribution in [0.15, 0.2) is 24.4 Å². The molecule has 1 aliphatic rings. The molecule has 0 aliphatic carbocycles. The van der Waals surface area contributed by atoms with Crippen LogP contribution in [0.4, 0.5) is 5.82 Å². The molecule has 6 heteroatoms. The van der Waals surface area contributed by atoms with Crippen LogP contribution >= 0.6 is 0 Å². The van der Waals surface area contributed by atoms with Gasteiger partial charge >= 0.3 is 5.97 Å². The first-order valence-electron chi connectivity index (χ1n) is 6.88. The van der Waals surface area contributed by atoms with Crippen molar-refractivity contribution in [2.24, 2.45) is 0 Å². The SMILES string of the molecule is CCN1CCN(c2nc3ccccn3c2C(=O)O)CC1. The molecule has 3 rings (SSSR count). The monoisotopic (exact) mass is 274 g/mol. The van der Waals surface area contributed by atoms with Gasteiger partial charge in [-0.3, -0.25) is 4.40 Å². The molecule has 0 saturated carbocycles. The fourth-order valence-electron chi connectivity index (χ4n) is 2.68. The zero-order valence-electron chi connectivity index (χ0n) is 11.5. The number of rotatable bonds is 3. The lowest BCUT2D eigenvalue weighted by Gasteiger charge is -2.34. The van der Waals surface area contributed by atoms with Gasteiger partial charge in [0.05, 0.1) is 0 Å². The lowest BCUT2D eigenvalue weighted by atomic mass is 10.3. The smallest absolute Gasteiger partial charge is 0.356 e. The topological polar surface area (TPSA) is 61.1 Å². The minimum absolute atomic E-state index is 0.255. The standard InChI is InChI=1S/C14H18N4O2/c1-2-16-7-9-17(10-8-16)13-12(14(19)20)18-6-4-3-5-11(18)15-13/h3-6H,2,7-10H2,1H3,(H,19,20). The Hall–Kier alpha value is -2.08. The number of piperazine rings is 1. The Labute approximate surface area is 117 Å². The van der Waals surface area contributed by atoms with Crippen LogP contribution in [0, 0.1) is 0 Å². The van der Waals surface area contributed by atoms with E-state index in [1.54, 1.807) is 10.6 Å². The number of fused-ring (bicyclic) bond motifs is 1. The second kappa shape index (κ2) is 5.13. The Bertz CT molecular complexity index is 629. The predicted octanol–water partition coefficient (Wildman–Crippen LogP) is 1.17. The Morgan fingerprint density at radius 3 is 2.70 bits per heavy atom. The lowest BCUT2D eigenvalue weighted by molar-refractivity contribution is 0.0690. The molecular weight excluding hydrogens is 256 g/mol. The fourth-order valence-corrected chi connectivity index (χ4v) is 2.68. The maximum atomic E-state index is 11.6. The van der Waals surface area contributed by atoms with Crippen molar-refractivity contribution in [1.82, 2.24) is 14.3 Å². The number of hydrogen-bond donors (Lipinski definition) is 1. The van der Waals surface area contributed by atoms with Gasteiger partial charge in [0, 0.05) is 32.4 Å². The molecule has 0 unspecified atom stereocenters. The first-order chi connectivity index (χ1) is 9.70. The van der Waals surface area contributed by atoms with Gasteiger partial charge in [0.15, 0.2) is 11.5 Å². The van der Waals surface area contributed by atoms with E-state index in [-0.39, 0.29) is 5.69 Å². The van der Waals surface area contributed by atoms with Gasteiger partial charge in [-0.15, -0.1) is 0 Å². The minimum atomic E-state index is -0.934. The van der Waals surface area contributed by atoms with E-state index in [9.17, 15) is 9.90 Å². The summed E-state index contributed by atoms with van der Waals surface area (Å²) < 4.78 is 1.64. The first-order valence-corrected chi connectivity index (χ1v) is 6.88. The van der Waals surface area contributed by atoms with E-state index in [1.807, 2.05) is 18.2 Å². The summed E-state index contributed by atoms with van der Waals surface area (Å²) in [5.41, 5.74) is 0.934. The van der Waals surface area contributed by atoms with Gasteiger partial charge in [0.2, 0.25) is 0 Å². The third kappa shape index (κ3) is 2.12. The summed E-state index contributed by atoms with van der Waals surface area (Å²) in [4.78, 5) is 20.5. The summed E-state index contributed by atoms with van der Waals surface area (Å²) in [5, 5.41) is 9.48. The van der Waals surface area contributed by atoms with Crippen LogP contribution < -0.4 is 4.90 Å². The van der Waals surface area contributed by atoms with Gasteiger partial charge in [-0.05, 0) is 18.7 Å². The van der Waals surface area contributed by atoms with E-state index in [0.717, 1.165) is 32.7 Å². The molecule has 3 heterocycles. The second-order valence-electron chi connectivity index (χ2n) is 4.94. The van der Waals surface area contributed by atoms with Crippen molar-refractivity contribution in [3.8, 4) is 0 Å². The van der Waals surface area contributed by atoms with E-state index in [0.29, 0.717) is 11.5 Å². The minimum Gasteiger partial charge on any atom is -0.476 e. The highest BCUT2D eigenvalue weighted by atomic mass is 16.4. The van der Waals surface area contributed by atoms with Crippen LogP contribution in [-0.4, -0.2) is 58.1 Å². The number of imidazole rings is 1. The Morgan fingerprint density at radius 2 is 2.05 bits per heavy atom. The van der Waals surface area contributed by atoms with E-state index in [1.165, 1.54) is 0 Å². The van der Waals surface area contributed by atoms with Crippen molar-refractivity contribution in [2.45, 2.75) is 6.92 Å². The number of pyridine rings is 1. The highest BCUT2D eigenvalue weighted by Gasteiger charge is 2.25. The Balaban J connectivity index is 1.99. The van der Waals surface area contributed by atoms with Gasteiger partial charge in [-0.1, -0.05) is 13.0 Å². The molecule has 0 radical (unpaired) electrons. The number of carboxylic acid groups (broad SMARTS) is 1. The number of aromatic carboxylic acids is 1. The van der Waals surface area contributed by atoms with Crippen molar-refractivity contribution >= 4 is 17.4 Å². The molecule has 0 atom stereocenters. The van der Waals surface area contributed by atoms with E-state index in [2.05, 4.69) is 21.7 Å². The number of carbonyl (C=O) groups is 1. The molecule has 1 aliphatic heterocycles. The molecule has 106 valence electrons. The molecule has 6 nitrogen and oxygen atoms in total. The molecule has 2 aromatic rings. The largest absolute Gasteiger partial charge is 0.476 e. The van der Waals surface area contributed by atoms with E-state index < -0.39 is 5.97 Å². The summed E-state index contributed by atoms with van der Waals surface area (Å²) in [7, 11) is 0. The summed E-state index contributed by atoms with van der Waals surface area (Å²) in [6.45, 7) is 6.71. The molecule has 1 fully saturated rings. The summed E-state index contributed by atoms with van der Waals surface area (Å²) >= 11 is 0. The maximum absolute atomic E-state index is 11.6. The average molecular weight is 274 g/mol. The van der Waals surface area contributed by atoms with Crippen LogP contribution in [0.3, 0.4) is 0 Å². The average Bonchev–Trinajstić information content (AvgIpc) is 2.86. The quantitative estimate of drug-likeness (QED) is 0.910. The lowest BCUT2D eigenvalue weighted by Crippen LogP contribution is -2.46. The molecule has 0 amide bonds. The second-order valence-corrected chi connectivity index (χ2v) is 4.94. The van der Waals surface area contributed by atoms with E-state index in [4.69, 9.17) is 0 Å². The van der Waals surface area contributed by atoms with Crippen LogP contribution in [0.25, 0.3) is 5.65 Å². The van der Waals surface area contributed by atoms with Crippen molar-refractivity contribution < 1.29 is 9.90 Å². The zero-order valence-corrected chi connectivity index (χ0v) is 11.5. The van der Waals surface area contributed by atoms with Crippen LogP contribution in [0.1, 0.15) is 17.4 Å². The highest BCUT2D eigenvalue weighted by Crippen LogP contribution is 2.23.